The molecule has 0 bridgehead atoms. The number of likely N-dealkylation sites (tertiary alicyclic amines) is 1. The highest BCUT2D eigenvalue weighted by Gasteiger charge is 2.29. The van der Waals surface area contributed by atoms with Crippen molar-refractivity contribution in [3.8, 4) is 5.69 Å². The Labute approximate surface area is 171 Å². The van der Waals surface area contributed by atoms with Gasteiger partial charge in [-0.3, -0.25) is 14.5 Å². The molecule has 2 aromatic rings. The number of nitrogens with zero attached hydrogens (tertiary/aromatic N) is 3. The van der Waals surface area contributed by atoms with Gasteiger partial charge in [-0.2, -0.15) is 5.10 Å². The van der Waals surface area contributed by atoms with E-state index in [1.54, 1.807) is 0 Å². The topological polar surface area (TPSA) is 79.3 Å². The molecule has 7 heteroatoms. The normalized spacial score (nSPS) is 19.7. The second kappa shape index (κ2) is 8.78. The van der Waals surface area contributed by atoms with Crippen LogP contribution in [0.2, 0.25) is 0 Å². The molecule has 1 aromatic heterocycles. The highest BCUT2D eigenvalue weighted by molar-refractivity contribution is 5.92. The van der Waals surface area contributed by atoms with Gasteiger partial charge < -0.3 is 10.6 Å². The van der Waals surface area contributed by atoms with Crippen molar-refractivity contribution in [1.29, 1.82) is 0 Å². The van der Waals surface area contributed by atoms with Crippen LogP contribution in [0.15, 0.2) is 36.4 Å². The number of aromatic nitrogens is 2. The molecule has 1 unspecified atom stereocenters. The van der Waals surface area contributed by atoms with Crippen LogP contribution in [-0.2, 0) is 9.59 Å². The third kappa shape index (κ3) is 4.85. The van der Waals surface area contributed by atoms with Gasteiger partial charge in [0.1, 0.15) is 5.82 Å². The number of benzene rings is 1. The van der Waals surface area contributed by atoms with Gasteiger partial charge >= 0.3 is 0 Å². The van der Waals surface area contributed by atoms with Gasteiger partial charge in [0.2, 0.25) is 11.8 Å². The molecule has 154 valence electrons. The molecule has 2 heterocycles. The summed E-state index contributed by atoms with van der Waals surface area (Å²) in [5.41, 5.74) is 1.97. The van der Waals surface area contributed by atoms with E-state index in [-0.39, 0.29) is 24.3 Å². The third-order valence-electron chi connectivity index (χ3n) is 5.59. The van der Waals surface area contributed by atoms with Crippen LogP contribution in [0.4, 0.5) is 5.82 Å². The summed E-state index contributed by atoms with van der Waals surface area (Å²) in [7, 11) is 0. The summed E-state index contributed by atoms with van der Waals surface area (Å²) in [5.74, 6) is 1.21. The molecule has 0 radical (unpaired) electrons. The van der Waals surface area contributed by atoms with Crippen LogP contribution in [0.25, 0.3) is 5.69 Å². The van der Waals surface area contributed by atoms with Gasteiger partial charge in [0.25, 0.3) is 0 Å². The van der Waals surface area contributed by atoms with Crippen LogP contribution in [-0.4, -0.2) is 52.7 Å². The molecule has 1 saturated carbocycles. The van der Waals surface area contributed by atoms with Crippen molar-refractivity contribution in [2.24, 2.45) is 5.92 Å². The van der Waals surface area contributed by atoms with Crippen LogP contribution < -0.4 is 10.6 Å². The Morgan fingerprint density at radius 3 is 2.69 bits per heavy atom. The number of rotatable bonds is 7. The molecule has 1 aromatic carbocycles. The molecule has 1 saturated heterocycles. The number of hydrogen-bond acceptors (Lipinski definition) is 4. The van der Waals surface area contributed by atoms with E-state index in [1.165, 1.54) is 0 Å². The lowest BCUT2D eigenvalue weighted by molar-refractivity contribution is -0.127. The lowest BCUT2D eigenvalue weighted by atomic mass is 9.97. The summed E-state index contributed by atoms with van der Waals surface area (Å²) < 4.78 is 1.82. The van der Waals surface area contributed by atoms with Crippen molar-refractivity contribution in [2.75, 3.05) is 31.5 Å². The molecule has 2 fully saturated rings. The number of hydrogen-bond donors (Lipinski definition) is 2. The minimum absolute atomic E-state index is 0.0344. The van der Waals surface area contributed by atoms with E-state index in [2.05, 4.69) is 15.5 Å². The van der Waals surface area contributed by atoms with E-state index in [9.17, 15) is 9.59 Å². The number of piperidine rings is 1. The van der Waals surface area contributed by atoms with Gasteiger partial charge in [0, 0.05) is 25.1 Å². The molecular weight excluding hydrogens is 366 g/mol. The number of carbonyl (C=O) groups excluding carboxylic acids is 2. The molecular formula is C22H29N5O2. The van der Waals surface area contributed by atoms with Crippen LogP contribution >= 0.6 is 0 Å². The smallest absolute Gasteiger partial charge is 0.239 e. The van der Waals surface area contributed by atoms with Crippen molar-refractivity contribution in [3.05, 3.63) is 42.1 Å². The predicted molar refractivity (Wildman–Crippen MR) is 112 cm³/mol. The van der Waals surface area contributed by atoms with Crippen molar-refractivity contribution in [2.45, 2.75) is 38.5 Å². The van der Waals surface area contributed by atoms with Crippen molar-refractivity contribution in [1.82, 2.24) is 20.0 Å². The lowest BCUT2D eigenvalue weighted by Crippen LogP contribution is -2.45. The number of para-hydroxylation sites is 1. The third-order valence-corrected chi connectivity index (χ3v) is 5.59. The lowest BCUT2D eigenvalue weighted by Gasteiger charge is -2.31. The maximum absolute atomic E-state index is 12.8. The standard InChI is InChI=1S/C22H29N5O2/c1-2-23-22(29)17-7-6-12-26(14-17)15-21(28)24-20-13-19(16-10-11-16)25-27(20)18-8-4-3-5-9-18/h3-5,8-9,13,16-17H,2,6-7,10-12,14-15H2,1H3,(H,23,29)(H,24,28). The zero-order chi connectivity index (χ0) is 20.2. The van der Waals surface area contributed by atoms with E-state index >= 15 is 0 Å². The first kappa shape index (κ1) is 19.6. The van der Waals surface area contributed by atoms with E-state index < -0.39 is 0 Å². The maximum Gasteiger partial charge on any atom is 0.239 e. The summed E-state index contributed by atoms with van der Waals surface area (Å²) in [4.78, 5) is 27.0. The second-order valence-corrected chi connectivity index (χ2v) is 7.99. The predicted octanol–water partition coefficient (Wildman–Crippen LogP) is 2.54. The van der Waals surface area contributed by atoms with E-state index in [1.807, 2.05) is 48.0 Å². The summed E-state index contributed by atoms with van der Waals surface area (Å²) in [6, 6.07) is 11.9. The minimum Gasteiger partial charge on any atom is -0.356 e. The van der Waals surface area contributed by atoms with Crippen LogP contribution in [0, 0.1) is 5.92 Å². The quantitative estimate of drug-likeness (QED) is 0.755. The first-order chi connectivity index (χ1) is 14.1. The summed E-state index contributed by atoms with van der Waals surface area (Å²) >= 11 is 0. The van der Waals surface area contributed by atoms with E-state index in [0.29, 0.717) is 24.8 Å². The molecule has 2 aliphatic rings. The fraction of sp³-hybridized carbons (Fsp3) is 0.500. The molecule has 0 spiro atoms. The highest BCUT2D eigenvalue weighted by Crippen LogP contribution is 2.40. The molecule has 29 heavy (non-hydrogen) atoms. The zero-order valence-electron chi connectivity index (χ0n) is 16.9. The summed E-state index contributed by atoms with van der Waals surface area (Å²) in [6.45, 7) is 4.33. The van der Waals surface area contributed by atoms with Crippen LogP contribution in [0.5, 0.6) is 0 Å². The molecule has 4 rings (SSSR count). The van der Waals surface area contributed by atoms with Gasteiger partial charge in [-0.15, -0.1) is 0 Å². The average Bonchev–Trinajstić information content (AvgIpc) is 3.50. The number of amides is 2. The van der Waals surface area contributed by atoms with Gasteiger partial charge in [0.15, 0.2) is 0 Å². The molecule has 1 aliphatic carbocycles. The molecule has 2 amide bonds. The minimum atomic E-state index is -0.0685. The monoisotopic (exact) mass is 395 g/mol. The summed E-state index contributed by atoms with van der Waals surface area (Å²) in [6.07, 6.45) is 4.14. The number of anilines is 1. The Bertz CT molecular complexity index is 859. The largest absolute Gasteiger partial charge is 0.356 e. The number of nitrogens with one attached hydrogen (secondary N) is 2. The SMILES string of the molecule is CCNC(=O)C1CCCN(CC(=O)Nc2cc(C3CC3)nn2-c2ccccc2)C1. The Hall–Kier alpha value is -2.67. The molecule has 7 nitrogen and oxygen atoms in total. The number of carbonyl (C=O) groups is 2. The first-order valence-corrected chi connectivity index (χ1v) is 10.6. The van der Waals surface area contributed by atoms with Crippen LogP contribution in [0.3, 0.4) is 0 Å². The highest BCUT2D eigenvalue weighted by atomic mass is 16.2. The Kier molecular flexibility index (Phi) is 5.94. The summed E-state index contributed by atoms with van der Waals surface area (Å²) in [5, 5.41) is 10.7. The molecule has 1 atom stereocenters. The Morgan fingerprint density at radius 2 is 1.97 bits per heavy atom. The molecule has 1 aliphatic heterocycles. The van der Waals surface area contributed by atoms with Gasteiger partial charge in [-0.05, 0) is 51.3 Å². The van der Waals surface area contributed by atoms with Crippen LogP contribution in [0.1, 0.15) is 44.2 Å². The zero-order valence-corrected chi connectivity index (χ0v) is 16.9. The Morgan fingerprint density at radius 1 is 1.17 bits per heavy atom. The van der Waals surface area contributed by atoms with E-state index in [4.69, 9.17) is 5.10 Å². The second-order valence-electron chi connectivity index (χ2n) is 7.99. The van der Waals surface area contributed by atoms with Crippen molar-refractivity contribution < 1.29 is 9.59 Å². The fourth-order valence-corrected chi connectivity index (χ4v) is 3.95. The van der Waals surface area contributed by atoms with Crippen molar-refractivity contribution >= 4 is 17.6 Å². The fourth-order valence-electron chi connectivity index (χ4n) is 3.95. The van der Waals surface area contributed by atoms with Gasteiger partial charge in [-0.1, -0.05) is 18.2 Å². The molecule has 2 N–H and O–H groups in total. The average molecular weight is 396 g/mol. The maximum atomic E-state index is 12.8. The van der Waals surface area contributed by atoms with E-state index in [0.717, 1.165) is 43.6 Å². The van der Waals surface area contributed by atoms with Crippen molar-refractivity contribution in [3.63, 3.8) is 0 Å². The van der Waals surface area contributed by atoms with Gasteiger partial charge in [-0.25, -0.2) is 4.68 Å². The van der Waals surface area contributed by atoms with Gasteiger partial charge in [0.05, 0.1) is 23.8 Å². The first-order valence-electron chi connectivity index (χ1n) is 10.6. The Balaban J connectivity index is 1.42.